The first-order valence-electron chi connectivity index (χ1n) is 7.27. The molecule has 1 aliphatic heterocycles. The largest absolute Gasteiger partial charge is 0.379 e. The lowest BCUT2D eigenvalue weighted by Gasteiger charge is -2.29. The van der Waals surface area contributed by atoms with E-state index in [1.807, 2.05) is 6.92 Å². The van der Waals surface area contributed by atoms with Gasteiger partial charge in [-0.3, -0.25) is 4.79 Å². The number of hydrogen-bond donors (Lipinski definition) is 2. The van der Waals surface area contributed by atoms with Gasteiger partial charge in [0.1, 0.15) is 0 Å². The van der Waals surface area contributed by atoms with Crippen LogP contribution in [0.15, 0.2) is 0 Å². The highest BCUT2D eigenvalue weighted by Crippen LogP contribution is 2.28. The second kappa shape index (κ2) is 6.02. The first-order chi connectivity index (χ1) is 8.63. The van der Waals surface area contributed by atoms with Crippen LogP contribution in [0, 0.1) is 5.41 Å². The van der Waals surface area contributed by atoms with E-state index in [1.165, 1.54) is 32.1 Å². The lowest BCUT2D eigenvalue weighted by Crippen LogP contribution is -2.52. The molecule has 2 aliphatic rings. The van der Waals surface area contributed by atoms with Crippen molar-refractivity contribution in [1.29, 1.82) is 0 Å². The zero-order valence-corrected chi connectivity index (χ0v) is 11.4. The third-order valence-corrected chi connectivity index (χ3v) is 4.48. The van der Waals surface area contributed by atoms with E-state index in [9.17, 15) is 4.79 Å². The number of nitrogens with two attached hydrogens (primary N) is 1. The maximum absolute atomic E-state index is 12.4. The number of carbonyl (C=O) groups is 1. The molecule has 4 nitrogen and oxygen atoms in total. The number of ether oxygens (including phenoxy) is 1. The molecule has 1 amide bonds. The van der Waals surface area contributed by atoms with Gasteiger partial charge < -0.3 is 15.8 Å². The monoisotopic (exact) mass is 254 g/mol. The van der Waals surface area contributed by atoms with E-state index in [0.717, 1.165) is 12.8 Å². The van der Waals surface area contributed by atoms with Crippen molar-refractivity contribution in [2.75, 3.05) is 13.2 Å². The highest BCUT2D eigenvalue weighted by Gasteiger charge is 2.44. The summed E-state index contributed by atoms with van der Waals surface area (Å²) >= 11 is 0. The Hall–Kier alpha value is -0.610. The van der Waals surface area contributed by atoms with Crippen molar-refractivity contribution < 1.29 is 9.53 Å². The Morgan fingerprint density at radius 3 is 2.39 bits per heavy atom. The van der Waals surface area contributed by atoms with Gasteiger partial charge in [0, 0.05) is 12.1 Å². The summed E-state index contributed by atoms with van der Waals surface area (Å²) in [4.78, 5) is 12.4. The Labute approximate surface area is 110 Å². The summed E-state index contributed by atoms with van der Waals surface area (Å²) in [5, 5.41) is 3.20. The highest BCUT2D eigenvalue weighted by atomic mass is 16.5. The second-order valence-electron chi connectivity index (χ2n) is 6.05. The fourth-order valence-corrected chi connectivity index (χ4v) is 2.87. The van der Waals surface area contributed by atoms with Crippen LogP contribution in [0.4, 0.5) is 0 Å². The van der Waals surface area contributed by atoms with Gasteiger partial charge >= 0.3 is 0 Å². The van der Waals surface area contributed by atoms with Crippen LogP contribution in [0.5, 0.6) is 0 Å². The fraction of sp³-hybridized carbons (Fsp3) is 0.929. The van der Waals surface area contributed by atoms with Crippen LogP contribution < -0.4 is 11.1 Å². The van der Waals surface area contributed by atoms with Gasteiger partial charge in [0.15, 0.2) is 0 Å². The minimum absolute atomic E-state index is 0.0815. The quantitative estimate of drug-likeness (QED) is 0.786. The normalized spacial score (nSPS) is 34.9. The van der Waals surface area contributed by atoms with Gasteiger partial charge in [0.25, 0.3) is 0 Å². The minimum atomic E-state index is -0.539. The molecule has 104 valence electrons. The summed E-state index contributed by atoms with van der Waals surface area (Å²) in [6, 6.07) is 0.161. The molecule has 1 saturated carbocycles. The number of rotatable bonds is 2. The van der Waals surface area contributed by atoms with Gasteiger partial charge in [-0.05, 0) is 19.8 Å². The first-order valence-corrected chi connectivity index (χ1v) is 7.27. The van der Waals surface area contributed by atoms with Crippen LogP contribution in [0.2, 0.25) is 0 Å². The highest BCUT2D eigenvalue weighted by molar-refractivity contribution is 5.83. The van der Waals surface area contributed by atoms with Crippen molar-refractivity contribution in [3.05, 3.63) is 0 Å². The van der Waals surface area contributed by atoms with Crippen molar-refractivity contribution in [3.8, 4) is 0 Å². The summed E-state index contributed by atoms with van der Waals surface area (Å²) in [5.41, 5.74) is 5.45. The fourth-order valence-electron chi connectivity index (χ4n) is 2.87. The van der Waals surface area contributed by atoms with Crippen molar-refractivity contribution in [2.45, 2.75) is 64.0 Å². The smallest absolute Gasteiger partial charge is 0.230 e. The Bertz CT molecular complexity index is 288. The molecular weight excluding hydrogens is 228 g/mol. The molecule has 0 spiro atoms. The molecule has 3 N–H and O–H groups in total. The van der Waals surface area contributed by atoms with Crippen LogP contribution in [0.25, 0.3) is 0 Å². The molecule has 0 aromatic carbocycles. The maximum Gasteiger partial charge on any atom is 0.230 e. The van der Waals surface area contributed by atoms with E-state index in [1.54, 1.807) is 0 Å². The van der Waals surface area contributed by atoms with Gasteiger partial charge in [-0.25, -0.2) is 0 Å². The summed E-state index contributed by atoms with van der Waals surface area (Å²) in [6.45, 7) is 2.87. The number of amides is 1. The number of nitrogens with one attached hydrogen (secondary N) is 1. The SMILES string of the molecule is CC1(C(=O)NC2CCCCCCC2)COCC1N. The molecular formula is C14H26N2O2. The Morgan fingerprint density at radius 1 is 1.22 bits per heavy atom. The zero-order valence-electron chi connectivity index (χ0n) is 11.4. The summed E-state index contributed by atoms with van der Waals surface area (Å²) in [5.74, 6) is 0.0815. The molecule has 0 aromatic heterocycles. The van der Waals surface area contributed by atoms with E-state index in [-0.39, 0.29) is 11.9 Å². The molecule has 2 fully saturated rings. The van der Waals surface area contributed by atoms with Crippen LogP contribution in [0.3, 0.4) is 0 Å². The van der Waals surface area contributed by atoms with E-state index >= 15 is 0 Å². The average Bonchev–Trinajstić information content (AvgIpc) is 2.64. The van der Waals surface area contributed by atoms with Gasteiger partial charge in [-0.2, -0.15) is 0 Å². The van der Waals surface area contributed by atoms with Gasteiger partial charge in [0.2, 0.25) is 5.91 Å². The lowest BCUT2D eigenvalue weighted by atomic mass is 9.84. The topological polar surface area (TPSA) is 64.3 Å². The molecule has 2 rings (SSSR count). The van der Waals surface area contributed by atoms with Crippen LogP contribution in [0.1, 0.15) is 51.9 Å². The summed E-state index contributed by atoms with van der Waals surface area (Å²) in [6.07, 6.45) is 8.61. The summed E-state index contributed by atoms with van der Waals surface area (Å²) in [7, 11) is 0. The third-order valence-electron chi connectivity index (χ3n) is 4.48. The van der Waals surface area contributed by atoms with Crippen LogP contribution in [-0.2, 0) is 9.53 Å². The molecule has 0 bridgehead atoms. The molecule has 1 aliphatic carbocycles. The van der Waals surface area contributed by atoms with Crippen LogP contribution in [-0.4, -0.2) is 31.2 Å². The lowest BCUT2D eigenvalue weighted by molar-refractivity contribution is -0.131. The molecule has 1 heterocycles. The molecule has 0 aromatic rings. The van der Waals surface area contributed by atoms with Gasteiger partial charge in [0.05, 0.1) is 18.6 Å². The van der Waals surface area contributed by atoms with E-state index in [4.69, 9.17) is 10.5 Å². The van der Waals surface area contributed by atoms with Crippen molar-refractivity contribution in [2.24, 2.45) is 11.1 Å². The Morgan fingerprint density at radius 2 is 1.83 bits per heavy atom. The van der Waals surface area contributed by atoms with E-state index in [0.29, 0.717) is 19.3 Å². The van der Waals surface area contributed by atoms with E-state index < -0.39 is 5.41 Å². The second-order valence-corrected chi connectivity index (χ2v) is 6.05. The Kier molecular flexibility index (Phi) is 4.62. The molecule has 2 unspecified atom stereocenters. The molecule has 0 radical (unpaired) electrons. The predicted octanol–water partition coefficient (Wildman–Crippen LogP) is 1.58. The van der Waals surface area contributed by atoms with E-state index in [2.05, 4.69) is 5.32 Å². The molecule has 18 heavy (non-hydrogen) atoms. The first kappa shape index (κ1) is 13.8. The van der Waals surface area contributed by atoms with Crippen LogP contribution >= 0.6 is 0 Å². The van der Waals surface area contributed by atoms with Gasteiger partial charge in [-0.15, -0.1) is 0 Å². The summed E-state index contributed by atoms with van der Waals surface area (Å²) < 4.78 is 5.34. The molecule has 2 atom stereocenters. The number of carbonyl (C=O) groups excluding carboxylic acids is 1. The molecule has 1 saturated heterocycles. The standard InChI is InChI=1S/C14H26N2O2/c1-14(10-18-9-12(14)15)13(17)16-11-7-5-3-2-4-6-8-11/h11-12H,2-10,15H2,1H3,(H,16,17). The third kappa shape index (κ3) is 3.04. The van der Waals surface area contributed by atoms with Gasteiger partial charge in [-0.1, -0.05) is 32.1 Å². The molecule has 4 heteroatoms. The maximum atomic E-state index is 12.4. The van der Waals surface area contributed by atoms with Crippen molar-refractivity contribution in [3.63, 3.8) is 0 Å². The average molecular weight is 254 g/mol. The number of hydrogen-bond acceptors (Lipinski definition) is 3. The predicted molar refractivity (Wildman–Crippen MR) is 71.2 cm³/mol. The van der Waals surface area contributed by atoms with Crippen molar-refractivity contribution in [1.82, 2.24) is 5.32 Å². The minimum Gasteiger partial charge on any atom is -0.379 e. The Balaban J connectivity index is 1.89. The zero-order chi connectivity index (χ0) is 13.0. The van der Waals surface area contributed by atoms with Crippen molar-refractivity contribution >= 4 is 5.91 Å².